The lowest BCUT2D eigenvalue weighted by atomic mass is 10.1. The number of anilines is 2. The van der Waals surface area contributed by atoms with Gasteiger partial charge in [-0.1, -0.05) is 23.5 Å². The third-order valence-electron chi connectivity index (χ3n) is 4.59. The zero-order valence-corrected chi connectivity index (χ0v) is 17.3. The summed E-state index contributed by atoms with van der Waals surface area (Å²) in [6.07, 6.45) is 0.736. The molecule has 1 aliphatic heterocycles. The molecule has 6 nitrogen and oxygen atoms in total. The molecule has 0 bridgehead atoms. The number of benzene rings is 1. The fourth-order valence-electron chi connectivity index (χ4n) is 3.41. The third-order valence-corrected chi connectivity index (χ3v) is 6.47. The van der Waals surface area contributed by atoms with Crippen LogP contribution in [0.4, 0.5) is 10.8 Å². The van der Waals surface area contributed by atoms with Gasteiger partial charge in [0.15, 0.2) is 0 Å². The Morgan fingerprint density at radius 1 is 1.25 bits per heavy atom. The summed E-state index contributed by atoms with van der Waals surface area (Å²) < 4.78 is 0. The first kappa shape index (κ1) is 18.8. The molecule has 2 amide bonds. The minimum atomic E-state index is -0.107. The van der Waals surface area contributed by atoms with Crippen molar-refractivity contribution >= 4 is 45.3 Å². The summed E-state index contributed by atoms with van der Waals surface area (Å²) in [4.78, 5) is 27.5. The molecular weight excluding hydrogens is 392 g/mol. The summed E-state index contributed by atoms with van der Waals surface area (Å²) in [6.45, 7) is 4.65. The van der Waals surface area contributed by atoms with Crippen LogP contribution in [0.3, 0.4) is 0 Å². The largest absolute Gasteiger partial charge is 0.312 e. The standard InChI is InChI=1S/C20H20N4O2S2/c1-12-6-13(2)8-15(7-12)24-11-14(9-18(24)26)19-22-23-20(28-19)21-17(25)10-16-4-3-5-27-16/h3-8,14H,9-11H2,1-2H3,(H,21,23,25). The van der Waals surface area contributed by atoms with E-state index in [1.165, 1.54) is 11.3 Å². The number of rotatable bonds is 5. The van der Waals surface area contributed by atoms with Gasteiger partial charge in [0, 0.05) is 29.4 Å². The van der Waals surface area contributed by atoms with Crippen LogP contribution in [0.1, 0.15) is 33.4 Å². The quantitative estimate of drug-likeness (QED) is 0.689. The van der Waals surface area contributed by atoms with Crippen molar-refractivity contribution in [1.29, 1.82) is 0 Å². The van der Waals surface area contributed by atoms with Crippen molar-refractivity contribution in [3.8, 4) is 0 Å². The Kier molecular flexibility index (Phi) is 5.23. The van der Waals surface area contributed by atoms with Crippen LogP contribution in [-0.4, -0.2) is 28.6 Å². The monoisotopic (exact) mass is 412 g/mol. The van der Waals surface area contributed by atoms with Gasteiger partial charge in [0.2, 0.25) is 16.9 Å². The first-order valence-electron chi connectivity index (χ1n) is 9.02. The number of carbonyl (C=O) groups excluding carboxylic acids is 2. The maximum absolute atomic E-state index is 12.6. The predicted molar refractivity (Wildman–Crippen MR) is 112 cm³/mol. The highest BCUT2D eigenvalue weighted by Crippen LogP contribution is 2.34. The molecule has 3 heterocycles. The summed E-state index contributed by atoms with van der Waals surface area (Å²) in [7, 11) is 0. The average molecular weight is 413 g/mol. The maximum atomic E-state index is 12.6. The Bertz CT molecular complexity index is 993. The zero-order chi connectivity index (χ0) is 19.7. The van der Waals surface area contributed by atoms with Crippen LogP contribution in [0.25, 0.3) is 0 Å². The van der Waals surface area contributed by atoms with E-state index < -0.39 is 0 Å². The van der Waals surface area contributed by atoms with E-state index in [1.54, 1.807) is 11.3 Å². The molecule has 8 heteroatoms. The number of carbonyl (C=O) groups is 2. The summed E-state index contributed by atoms with van der Waals surface area (Å²) in [5.41, 5.74) is 3.20. The molecule has 3 aromatic rings. The highest BCUT2D eigenvalue weighted by Gasteiger charge is 2.34. The van der Waals surface area contributed by atoms with Gasteiger partial charge in [-0.3, -0.25) is 9.59 Å². The van der Waals surface area contributed by atoms with Gasteiger partial charge in [-0.25, -0.2) is 0 Å². The molecule has 0 radical (unpaired) electrons. The smallest absolute Gasteiger partial charge is 0.231 e. The number of thiophene rings is 1. The number of hydrogen-bond donors (Lipinski definition) is 1. The van der Waals surface area contributed by atoms with Crippen molar-refractivity contribution in [3.05, 3.63) is 56.7 Å². The van der Waals surface area contributed by atoms with E-state index in [9.17, 15) is 9.59 Å². The molecule has 1 aromatic carbocycles. The molecule has 2 aromatic heterocycles. The first-order chi connectivity index (χ1) is 13.5. The fourth-order valence-corrected chi connectivity index (χ4v) is 4.97. The number of aryl methyl sites for hydroxylation is 2. The van der Waals surface area contributed by atoms with Crippen LogP contribution >= 0.6 is 22.7 Å². The highest BCUT2D eigenvalue weighted by atomic mass is 32.1. The minimum Gasteiger partial charge on any atom is -0.312 e. The van der Waals surface area contributed by atoms with Crippen LogP contribution in [0, 0.1) is 13.8 Å². The molecule has 1 N–H and O–H groups in total. The summed E-state index contributed by atoms with van der Waals surface area (Å²) >= 11 is 2.90. The van der Waals surface area contributed by atoms with E-state index in [0.717, 1.165) is 26.7 Å². The topological polar surface area (TPSA) is 75.2 Å². The van der Waals surface area contributed by atoms with Gasteiger partial charge in [0.05, 0.1) is 6.42 Å². The van der Waals surface area contributed by atoms with Gasteiger partial charge in [0.25, 0.3) is 0 Å². The molecule has 1 saturated heterocycles. The average Bonchev–Trinajstić information content (AvgIpc) is 3.35. The molecule has 4 rings (SSSR count). The van der Waals surface area contributed by atoms with Crippen LogP contribution in [0.5, 0.6) is 0 Å². The van der Waals surface area contributed by atoms with Crippen molar-refractivity contribution in [2.75, 3.05) is 16.8 Å². The Labute approximate surface area is 171 Å². The molecule has 144 valence electrons. The molecule has 1 aliphatic rings. The van der Waals surface area contributed by atoms with Crippen LogP contribution < -0.4 is 10.2 Å². The molecular formula is C20H20N4O2S2. The van der Waals surface area contributed by atoms with Crippen molar-refractivity contribution in [3.63, 3.8) is 0 Å². The van der Waals surface area contributed by atoms with Crippen LogP contribution in [0.15, 0.2) is 35.7 Å². The van der Waals surface area contributed by atoms with E-state index in [1.807, 2.05) is 48.4 Å². The lowest BCUT2D eigenvalue weighted by molar-refractivity contribution is -0.117. The van der Waals surface area contributed by atoms with Crippen LogP contribution in [0.2, 0.25) is 0 Å². The Morgan fingerprint density at radius 2 is 2.04 bits per heavy atom. The molecule has 1 atom stereocenters. The normalized spacial score (nSPS) is 16.6. The second-order valence-electron chi connectivity index (χ2n) is 7.00. The van der Waals surface area contributed by atoms with Gasteiger partial charge >= 0.3 is 0 Å². The summed E-state index contributed by atoms with van der Waals surface area (Å²) in [5.74, 6) is -0.0215. The summed E-state index contributed by atoms with van der Waals surface area (Å²) in [6, 6.07) is 10.0. The Morgan fingerprint density at radius 3 is 2.75 bits per heavy atom. The van der Waals surface area contributed by atoms with Crippen molar-refractivity contribution in [2.45, 2.75) is 32.6 Å². The number of nitrogens with one attached hydrogen (secondary N) is 1. The molecule has 1 unspecified atom stereocenters. The molecule has 0 aliphatic carbocycles. The zero-order valence-electron chi connectivity index (χ0n) is 15.6. The lowest BCUT2D eigenvalue weighted by Gasteiger charge is -2.17. The maximum Gasteiger partial charge on any atom is 0.231 e. The minimum absolute atomic E-state index is 0.00577. The second kappa shape index (κ2) is 7.81. The van der Waals surface area contributed by atoms with Gasteiger partial charge < -0.3 is 10.2 Å². The highest BCUT2D eigenvalue weighted by molar-refractivity contribution is 7.15. The predicted octanol–water partition coefficient (Wildman–Crippen LogP) is 3.92. The number of aromatic nitrogens is 2. The lowest BCUT2D eigenvalue weighted by Crippen LogP contribution is -2.24. The molecule has 0 saturated carbocycles. The van der Waals surface area contributed by atoms with E-state index in [-0.39, 0.29) is 17.7 Å². The first-order valence-corrected chi connectivity index (χ1v) is 10.7. The third kappa shape index (κ3) is 4.13. The van der Waals surface area contributed by atoms with Crippen LogP contribution in [-0.2, 0) is 16.0 Å². The van der Waals surface area contributed by atoms with Gasteiger partial charge in [-0.05, 0) is 48.6 Å². The van der Waals surface area contributed by atoms with E-state index in [0.29, 0.717) is 24.5 Å². The Hall–Kier alpha value is -2.58. The van der Waals surface area contributed by atoms with Crippen molar-refractivity contribution < 1.29 is 9.59 Å². The van der Waals surface area contributed by atoms with E-state index >= 15 is 0 Å². The fraction of sp³-hybridized carbons (Fsp3) is 0.300. The summed E-state index contributed by atoms with van der Waals surface area (Å²) in [5, 5.41) is 14.3. The van der Waals surface area contributed by atoms with Gasteiger partial charge in [-0.2, -0.15) is 0 Å². The molecule has 0 spiro atoms. The number of amides is 2. The number of nitrogens with zero attached hydrogens (tertiary/aromatic N) is 3. The van der Waals surface area contributed by atoms with Gasteiger partial charge in [0.1, 0.15) is 5.01 Å². The van der Waals surface area contributed by atoms with Crippen molar-refractivity contribution in [2.24, 2.45) is 0 Å². The SMILES string of the molecule is Cc1cc(C)cc(N2CC(c3nnc(NC(=O)Cc4cccs4)s3)CC2=O)c1. The number of hydrogen-bond acceptors (Lipinski definition) is 6. The van der Waals surface area contributed by atoms with E-state index in [2.05, 4.69) is 21.6 Å². The molecule has 28 heavy (non-hydrogen) atoms. The Balaban J connectivity index is 1.43. The van der Waals surface area contributed by atoms with Crippen molar-refractivity contribution in [1.82, 2.24) is 10.2 Å². The molecule has 1 fully saturated rings. The second-order valence-corrected chi connectivity index (χ2v) is 9.04. The van der Waals surface area contributed by atoms with E-state index in [4.69, 9.17) is 0 Å². The van der Waals surface area contributed by atoms with Gasteiger partial charge in [-0.15, -0.1) is 21.5 Å².